The first-order valence-corrected chi connectivity index (χ1v) is 13.7. The maximum absolute atomic E-state index is 12.8. The number of aliphatic carboxylic acids is 1. The molecule has 0 unspecified atom stereocenters. The first-order valence-electron chi connectivity index (χ1n) is 13.0. The summed E-state index contributed by atoms with van der Waals surface area (Å²) < 4.78 is 0. The molecule has 0 spiro atoms. The van der Waals surface area contributed by atoms with E-state index in [1.807, 2.05) is 20.8 Å². The maximum Gasteiger partial charge on any atom is 0.329 e. The van der Waals surface area contributed by atoms with Crippen LogP contribution in [0.4, 0.5) is 5.69 Å². The van der Waals surface area contributed by atoms with Crippen LogP contribution < -0.4 is 10.6 Å². The second-order valence-corrected chi connectivity index (χ2v) is 11.1. The van der Waals surface area contributed by atoms with Gasteiger partial charge in [-0.2, -0.15) is 0 Å². The van der Waals surface area contributed by atoms with E-state index >= 15 is 0 Å². The standard InChI is InChI=1S/C29H35Cl2N3O4/c1-5-7-8-9-10-20-24(28(3,4)25(20)35)34-29(6-2,27(37)38)15-18-11-13-19(14-12-18)33-26(36)23-21(30)16-32-17-22(23)31/h11-14,16-17,34H,5-10,15H2,1-4H3,(H,33,36)(H,37,38)/t29-/m0/s1. The summed E-state index contributed by atoms with van der Waals surface area (Å²) in [5.74, 6) is -1.37. The molecule has 0 fully saturated rings. The average molecular weight is 561 g/mol. The van der Waals surface area contributed by atoms with Crippen molar-refractivity contribution >= 4 is 46.5 Å². The zero-order chi connectivity index (χ0) is 28.1. The molecule has 1 amide bonds. The number of carbonyl (C=O) groups is 3. The third-order valence-corrected chi connectivity index (χ3v) is 7.80. The second-order valence-electron chi connectivity index (χ2n) is 10.3. The van der Waals surface area contributed by atoms with Crippen LogP contribution in [0.3, 0.4) is 0 Å². The Kier molecular flexibility index (Phi) is 9.60. The summed E-state index contributed by atoms with van der Waals surface area (Å²) in [7, 11) is 0. The molecule has 3 rings (SSSR count). The number of Topliss-reactive ketones (excluding diaryl/α,β-unsaturated/α-hetero) is 1. The van der Waals surface area contributed by atoms with E-state index in [0.29, 0.717) is 18.5 Å². The molecule has 0 radical (unpaired) electrons. The van der Waals surface area contributed by atoms with E-state index < -0.39 is 22.8 Å². The fourth-order valence-electron chi connectivity index (χ4n) is 4.77. The summed E-state index contributed by atoms with van der Waals surface area (Å²) >= 11 is 12.2. The SMILES string of the molecule is CCCCCCC1=C(N[C@@](CC)(Cc2ccc(NC(=O)c3c(Cl)cncc3Cl)cc2)C(=O)O)C(C)(C)C1=O. The number of carbonyl (C=O) groups excluding carboxylic acids is 2. The normalized spacial score (nSPS) is 16.0. The molecule has 1 aliphatic carbocycles. The maximum atomic E-state index is 12.8. The highest BCUT2D eigenvalue weighted by Gasteiger charge is 2.50. The number of carboxylic acids is 1. The lowest BCUT2D eigenvalue weighted by Crippen LogP contribution is -2.59. The number of anilines is 1. The Labute approximate surface area is 234 Å². The van der Waals surface area contributed by atoms with Crippen LogP contribution in [0.5, 0.6) is 0 Å². The average Bonchev–Trinajstić information content (AvgIpc) is 2.87. The van der Waals surface area contributed by atoms with Gasteiger partial charge < -0.3 is 15.7 Å². The molecule has 0 saturated carbocycles. The second kappa shape index (κ2) is 12.3. The first kappa shape index (κ1) is 29.7. The van der Waals surface area contributed by atoms with Crippen LogP contribution >= 0.6 is 23.2 Å². The number of benzene rings is 1. The number of pyridine rings is 1. The first-order chi connectivity index (χ1) is 18.0. The number of carboxylic acid groups (broad SMARTS) is 1. The number of nitrogens with one attached hydrogen (secondary N) is 2. The summed E-state index contributed by atoms with van der Waals surface area (Å²) in [5.41, 5.74) is 0.840. The highest BCUT2D eigenvalue weighted by molar-refractivity contribution is 6.40. The highest BCUT2D eigenvalue weighted by atomic mass is 35.5. The smallest absolute Gasteiger partial charge is 0.329 e. The molecule has 1 heterocycles. The molecule has 204 valence electrons. The Morgan fingerprint density at radius 1 is 1.03 bits per heavy atom. The molecule has 1 aromatic heterocycles. The number of amides is 1. The van der Waals surface area contributed by atoms with Gasteiger partial charge in [-0.1, -0.05) is 68.4 Å². The Morgan fingerprint density at radius 2 is 1.66 bits per heavy atom. The van der Waals surface area contributed by atoms with Crippen molar-refractivity contribution in [2.45, 2.75) is 78.2 Å². The van der Waals surface area contributed by atoms with Gasteiger partial charge in [0.2, 0.25) is 0 Å². The summed E-state index contributed by atoms with van der Waals surface area (Å²) in [6.07, 6.45) is 8.03. The summed E-state index contributed by atoms with van der Waals surface area (Å²) in [5, 5.41) is 16.7. The molecule has 0 aliphatic heterocycles. The van der Waals surface area contributed by atoms with Gasteiger partial charge in [0.15, 0.2) is 5.78 Å². The van der Waals surface area contributed by atoms with Gasteiger partial charge in [-0.25, -0.2) is 4.79 Å². The van der Waals surface area contributed by atoms with Crippen LogP contribution in [0.15, 0.2) is 47.9 Å². The van der Waals surface area contributed by atoms with Crippen molar-refractivity contribution in [3.63, 3.8) is 0 Å². The minimum Gasteiger partial charge on any atom is -0.479 e. The molecule has 9 heteroatoms. The van der Waals surface area contributed by atoms with Crippen molar-refractivity contribution in [1.29, 1.82) is 0 Å². The molecule has 3 N–H and O–H groups in total. The third kappa shape index (κ3) is 6.21. The van der Waals surface area contributed by atoms with Crippen LogP contribution in [0, 0.1) is 5.41 Å². The lowest BCUT2D eigenvalue weighted by atomic mass is 9.66. The van der Waals surface area contributed by atoms with Crippen molar-refractivity contribution in [3.8, 4) is 0 Å². The van der Waals surface area contributed by atoms with E-state index in [9.17, 15) is 19.5 Å². The summed E-state index contributed by atoms with van der Waals surface area (Å²) in [6, 6.07) is 6.95. The Bertz CT molecular complexity index is 1220. The minimum absolute atomic E-state index is 0.0846. The van der Waals surface area contributed by atoms with E-state index in [2.05, 4.69) is 22.5 Å². The van der Waals surface area contributed by atoms with E-state index in [1.54, 1.807) is 24.3 Å². The molecule has 2 aromatic rings. The Hall–Kier alpha value is -2.90. The molecule has 1 aromatic carbocycles. The van der Waals surface area contributed by atoms with Crippen LogP contribution in [-0.4, -0.2) is 33.3 Å². The van der Waals surface area contributed by atoms with Crippen LogP contribution in [-0.2, 0) is 16.0 Å². The zero-order valence-corrected chi connectivity index (χ0v) is 23.8. The van der Waals surface area contributed by atoms with Gasteiger partial charge in [0, 0.05) is 35.8 Å². The fourth-order valence-corrected chi connectivity index (χ4v) is 5.31. The molecular formula is C29H35Cl2N3O4. The van der Waals surface area contributed by atoms with E-state index in [4.69, 9.17) is 23.2 Å². The number of allylic oxidation sites excluding steroid dienone is 2. The van der Waals surface area contributed by atoms with Crippen molar-refractivity contribution in [1.82, 2.24) is 10.3 Å². The number of hydrogen-bond donors (Lipinski definition) is 3. The number of hydrogen-bond acceptors (Lipinski definition) is 5. The highest BCUT2D eigenvalue weighted by Crippen LogP contribution is 2.44. The Balaban J connectivity index is 1.79. The van der Waals surface area contributed by atoms with Gasteiger partial charge in [0.05, 0.1) is 21.0 Å². The predicted octanol–water partition coefficient (Wildman–Crippen LogP) is 6.84. The van der Waals surface area contributed by atoms with Gasteiger partial charge in [-0.05, 0) is 50.8 Å². The molecule has 1 aliphatic rings. The molecule has 0 saturated heterocycles. The van der Waals surface area contributed by atoms with Crippen LogP contribution in [0.1, 0.15) is 82.1 Å². The third-order valence-electron chi connectivity index (χ3n) is 7.22. The van der Waals surface area contributed by atoms with Gasteiger partial charge >= 0.3 is 5.97 Å². The van der Waals surface area contributed by atoms with Gasteiger partial charge in [0.1, 0.15) is 5.54 Å². The van der Waals surface area contributed by atoms with E-state index in [1.165, 1.54) is 12.4 Å². The molecule has 38 heavy (non-hydrogen) atoms. The lowest BCUT2D eigenvalue weighted by molar-refractivity contribution is -0.145. The monoisotopic (exact) mass is 559 g/mol. The number of unbranched alkanes of at least 4 members (excludes halogenated alkanes) is 3. The summed E-state index contributed by atoms with van der Waals surface area (Å²) in [4.78, 5) is 42.0. The number of aromatic nitrogens is 1. The van der Waals surface area contributed by atoms with Crippen molar-refractivity contribution in [2.75, 3.05) is 5.32 Å². The zero-order valence-electron chi connectivity index (χ0n) is 22.3. The van der Waals surface area contributed by atoms with Crippen LogP contribution in [0.25, 0.3) is 0 Å². The van der Waals surface area contributed by atoms with Crippen molar-refractivity contribution < 1.29 is 19.5 Å². The molecule has 1 atom stereocenters. The van der Waals surface area contributed by atoms with Gasteiger partial charge in [0.25, 0.3) is 5.91 Å². The fraction of sp³-hybridized carbons (Fsp3) is 0.448. The number of rotatable bonds is 13. The predicted molar refractivity (Wildman–Crippen MR) is 151 cm³/mol. The lowest BCUT2D eigenvalue weighted by Gasteiger charge is -2.44. The van der Waals surface area contributed by atoms with Crippen LogP contribution in [0.2, 0.25) is 10.0 Å². The van der Waals surface area contributed by atoms with Gasteiger partial charge in [-0.15, -0.1) is 0 Å². The van der Waals surface area contributed by atoms with E-state index in [-0.39, 0.29) is 27.8 Å². The van der Waals surface area contributed by atoms with E-state index in [0.717, 1.165) is 42.5 Å². The molecule has 7 nitrogen and oxygen atoms in total. The largest absolute Gasteiger partial charge is 0.479 e. The topological polar surface area (TPSA) is 108 Å². The minimum atomic E-state index is -1.29. The Morgan fingerprint density at radius 3 is 2.21 bits per heavy atom. The molecular weight excluding hydrogens is 525 g/mol. The van der Waals surface area contributed by atoms with Crippen molar-refractivity contribution in [3.05, 3.63) is 69.1 Å². The molecule has 0 bridgehead atoms. The number of ketones is 1. The van der Waals surface area contributed by atoms with Gasteiger partial charge in [-0.3, -0.25) is 14.6 Å². The number of nitrogens with zero attached hydrogens (tertiary/aromatic N) is 1. The quantitative estimate of drug-likeness (QED) is 0.232. The summed E-state index contributed by atoms with van der Waals surface area (Å²) in [6.45, 7) is 7.65. The van der Waals surface area contributed by atoms with Crippen molar-refractivity contribution in [2.24, 2.45) is 5.41 Å². The number of halogens is 2.